The largest absolute Gasteiger partial charge is 0.492 e. The lowest BCUT2D eigenvalue weighted by atomic mass is 9.89. The van der Waals surface area contributed by atoms with Crippen LogP contribution in [-0.2, 0) is 11.2 Å². The molecule has 1 saturated carbocycles. The maximum absolute atomic E-state index is 14.0. The second kappa shape index (κ2) is 9.33. The molecule has 1 fully saturated rings. The van der Waals surface area contributed by atoms with E-state index in [-0.39, 0.29) is 28.3 Å². The van der Waals surface area contributed by atoms with E-state index in [0.29, 0.717) is 29.0 Å². The summed E-state index contributed by atoms with van der Waals surface area (Å²) >= 11 is 12.6. The molecule has 5 nitrogen and oxygen atoms in total. The van der Waals surface area contributed by atoms with Crippen molar-refractivity contribution in [3.05, 3.63) is 86.7 Å². The molecule has 186 valence electrons. The van der Waals surface area contributed by atoms with Gasteiger partial charge < -0.3 is 15.2 Å². The summed E-state index contributed by atoms with van der Waals surface area (Å²) < 4.78 is 47.9. The van der Waals surface area contributed by atoms with E-state index in [1.54, 1.807) is 12.1 Å². The molecule has 3 aromatic carbocycles. The number of ether oxygens (including phenoxy) is 1. The second-order valence-electron chi connectivity index (χ2n) is 8.84. The molecule has 2 N–H and O–H groups in total. The maximum atomic E-state index is 14.0. The van der Waals surface area contributed by atoms with E-state index in [9.17, 15) is 27.9 Å². The molecule has 2 unspecified atom stereocenters. The number of benzene rings is 3. The van der Waals surface area contributed by atoms with Gasteiger partial charge >= 0.3 is 5.97 Å². The number of halogens is 5. The number of hydrogen-bond donors (Lipinski definition) is 2. The number of nitrogens with one attached hydrogen (secondary N) is 1. The summed E-state index contributed by atoms with van der Waals surface area (Å²) in [5.41, 5.74) is 1.43. The van der Waals surface area contributed by atoms with Crippen LogP contribution in [0.3, 0.4) is 0 Å². The van der Waals surface area contributed by atoms with Crippen LogP contribution < -0.4 is 10.1 Å². The summed E-state index contributed by atoms with van der Waals surface area (Å²) in [5, 5.41) is 12.2. The summed E-state index contributed by atoms with van der Waals surface area (Å²) in [5.74, 6) is -4.49. The van der Waals surface area contributed by atoms with Gasteiger partial charge in [-0.25, -0.2) is 18.0 Å². The van der Waals surface area contributed by atoms with Crippen LogP contribution in [0.2, 0.25) is 10.0 Å². The van der Waals surface area contributed by atoms with Crippen molar-refractivity contribution in [2.75, 3.05) is 6.61 Å². The van der Waals surface area contributed by atoms with E-state index >= 15 is 0 Å². The first-order valence-corrected chi connectivity index (χ1v) is 11.8. The molecule has 0 aromatic heterocycles. The normalized spacial score (nSPS) is 18.5. The van der Waals surface area contributed by atoms with Crippen molar-refractivity contribution in [2.24, 2.45) is 5.92 Å². The van der Waals surface area contributed by atoms with Crippen molar-refractivity contribution in [1.29, 1.82) is 0 Å². The molecular formula is C26H18Cl2F3NO4. The Bertz CT molecular complexity index is 1370. The monoisotopic (exact) mass is 535 g/mol. The van der Waals surface area contributed by atoms with E-state index < -0.39 is 40.9 Å². The molecule has 10 heteroatoms. The van der Waals surface area contributed by atoms with Gasteiger partial charge in [0, 0.05) is 29.0 Å². The molecule has 0 spiro atoms. The maximum Gasteiger partial charge on any atom is 0.326 e. The van der Waals surface area contributed by atoms with Gasteiger partial charge in [0.25, 0.3) is 5.91 Å². The average molecular weight is 536 g/mol. The van der Waals surface area contributed by atoms with Crippen molar-refractivity contribution in [2.45, 2.75) is 24.8 Å². The van der Waals surface area contributed by atoms with E-state index in [0.717, 1.165) is 42.3 Å². The third kappa shape index (κ3) is 4.40. The van der Waals surface area contributed by atoms with Gasteiger partial charge in [0.05, 0.1) is 16.7 Å². The van der Waals surface area contributed by atoms with Crippen molar-refractivity contribution in [1.82, 2.24) is 5.32 Å². The van der Waals surface area contributed by atoms with Crippen LogP contribution in [0.15, 0.2) is 42.5 Å². The van der Waals surface area contributed by atoms with E-state index in [1.165, 1.54) is 0 Å². The van der Waals surface area contributed by atoms with Crippen LogP contribution in [0.25, 0.3) is 11.1 Å². The molecule has 1 amide bonds. The molecule has 3 aromatic rings. The first-order valence-electron chi connectivity index (χ1n) is 11.1. The Labute approximate surface area is 213 Å². The highest BCUT2D eigenvalue weighted by Crippen LogP contribution is 2.58. The molecule has 5 rings (SSSR count). The lowest BCUT2D eigenvalue weighted by molar-refractivity contribution is -0.139. The van der Waals surface area contributed by atoms with E-state index in [2.05, 4.69) is 5.32 Å². The summed E-state index contributed by atoms with van der Waals surface area (Å²) in [6.07, 6.45) is 0.677. The lowest BCUT2D eigenvalue weighted by Gasteiger charge is -2.25. The van der Waals surface area contributed by atoms with E-state index in [4.69, 9.17) is 27.9 Å². The highest BCUT2D eigenvalue weighted by Gasteiger charge is 2.46. The minimum absolute atomic E-state index is 0.0964. The molecule has 36 heavy (non-hydrogen) atoms. The number of fused-ring (bicyclic) bond motifs is 3. The zero-order valence-corrected chi connectivity index (χ0v) is 20.0. The number of hydrogen-bond acceptors (Lipinski definition) is 3. The first kappa shape index (κ1) is 24.5. The predicted octanol–water partition coefficient (Wildman–Crippen LogP) is 6.00. The first-order chi connectivity index (χ1) is 17.2. The predicted molar refractivity (Wildman–Crippen MR) is 127 cm³/mol. The van der Waals surface area contributed by atoms with Crippen LogP contribution in [0.5, 0.6) is 5.75 Å². The van der Waals surface area contributed by atoms with Crippen molar-refractivity contribution in [3.8, 4) is 16.9 Å². The van der Waals surface area contributed by atoms with Crippen molar-refractivity contribution in [3.63, 3.8) is 0 Å². The molecule has 1 heterocycles. The number of carboxylic acids is 1. The average Bonchev–Trinajstić information content (AvgIpc) is 3.59. The third-order valence-corrected chi connectivity index (χ3v) is 7.11. The van der Waals surface area contributed by atoms with Gasteiger partial charge in [-0.15, -0.1) is 0 Å². The molecule has 1 aliphatic carbocycles. The van der Waals surface area contributed by atoms with Gasteiger partial charge in [-0.1, -0.05) is 41.4 Å². The van der Waals surface area contributed by atoms with Crippen molar-refractivity contribution < 1.29 is 32.6 Å². The van der Waals surface area contributed by atoms with Crippen LogP contribution in [0.1, 0.15) is 33.8 Å². The Morgan fingerprint density at radius 2 is 1.75 bits per heavy atom. The Kier molecular flexibility index (Phi) is 6.34. The summed E-state index contributed by atoms with van der Waals surface area (Å²) in [4.78, 5) is 24.6. The van der Waals surface area contributed by atoms with Crippen LogP contribution in [0.4, 0.5) is 13.2 Å². The molecule has 2 aliphatic rings. The molecule has 3 atom stereocenters. The van der Waals surface area contributed by atoms with Gasteiger partial charge in [0.15, 0.2) is 0 Å². The number of amides is 1. The molecule has 0 saturated heterocycles. The standard InChI is InChI=1S/C26H18Cl2F3NO4/c27-16-8-13(29)9-17(28)22(16)14-5-4-11(21-15-6-12(15)10-36-24(14)21)7-20(26(34)35)32-25(33)23-18(30)2-1-3-19(23)31/h1-5,8-9,12,15,20H,6-7,10H2,(H,32,33)(H,34,35)/t12?,15?,20-/m0/s1. The zero-order chi connectivity index (χ0) is 25.7. The Morgan fingerprint density at radius 1 is 1.08 bits per heavy atom. The smallest absolute Gasteiger partial charge is 0.326 e. The topological polar surface area (TPSA) is 75.6 Å². The van der Waals surface area contributed by atoms with Gasteiger partial charge in [-0.05, 0) is 42.2 Å². The van der Waals surface area contributed by atoms with Crippen LogP contribution >= 0.6 is 23.2 Å². The highest BCUT2D eigenvalue weighted by molar-refractivity contribution is 6.39. The fourth-order valence-electron chi connectivity index (χ4n) is 4.72. The second-order valence-corrected chi connectivity index (χ2v) is 9.65. The molecular weight excluding hydrogens is 518 g/mol. The number of carbonyl (C=O) groups is 2. The SMILES string of the molecule is O=C(N[C@@H](Cc1ccc(-c2c(Cl)cc(F)cc2Cl)c2c1C1CC1CO2)C(=O)O)c1c(F)cccc1F. The minimum atomic E-state index is -1.47. The van der Waals surface area contributed by atoms with Crippen molar-refractivity contribution >= 4 is 35.1 Å². The van der Waals surface area contributed by atoms with Crippen LogP contribution in [-0.4, -0.2) is 29.6 Å². The Morgan fingerprint density at radius 3 is 2.39 bits per heavy atom. The summed E-state index contributed by atoms with van der Waals surface area (Å²) in [7, 11) is 0. The quantitative estimate of drug-likeness (QED) is 0.406. The van der Waals surface area contributed by atoms with Crippen LogP contribution in [0, 0.1) is 23.4 Å². The Hall–Kier alpha value is -3.23. The highest BCUT2D eigenvalue weighted by atomic mass is 35.5. The summed E-state index contributed by atoms with van der Waals surface area (Å²) in [6, 6.07) is 7.09. The Balaban J connectivity index is 1.52. The molecule has 0 radical (unpaired) electrons. The number of carbonyl (C=O) groups excluding carboxylic acids is 1. The molecule has 1 aliphatic heterocycles. The zero-order valence-electron chi connectivity index (χ0n) is 18.5. The third-order valence-electron chi connectivity index (χ3n) is 6.52. The minimum Gasteiger partial charge on any atom is -0.492 e. The fourth-order valence-corrected chi connectivity index (χ4v) is 5.38. The van der Waals surface area contributed by atoms with Gasteiger partial charge in [-0.3, -0.25) is 4.79 Å². The number of rotatable bonds is 6. The van der Waals surface area contributed by atoms with Gasteiger partial charge in [0.2, 0.25) is 0 Å². The van der Waals surface area contributed by atoms with Gasteiger partial charge in [-0.2, -0.15) is 0 Å². The molecule has 0 bridgehead atoms. The summed E-state index contributed by atoms with van der Waals surface area (Å²) in [6.45, 7) is 0.455. The van der Waals surface area contributed by atoms with Gasteiger partial charge in [0.1, 0.15) is 34.8 Å². The fraction of sp³-hybridized carbons (Fsp3) is 0.231. The number of carboxylic acid groups (broad SMARTS) is 1. The lowest BCUT2D eigenvalue weighted by Crippen LogP contribution is -2.43. The van der Waals surface area contributed by atoms with E-state index in [1.807, 2.05) is 0 Å². The number of aliphatic carboxylic acids is 1.